The number of benzene rings is 2. The third-order valence-electron chi connectivity index (χ3n) is 6.60. The van der Waals surface area contributed by atoms with Gasteiger partial charge in [0, 0.05) is 48.3 Å². The van der Waals surface area contributed by atoms with Gasteiger partial charge < -0.3 is 20.3 Å². The van der Waals surface area contributed by atoms with E-state index in [1.54, 1.807) is 0 Å². The van der Waals surface area contributed by atoms with Gasteiger partial charge in [0.1, 0.15) is 12.4 Å². The van der Waals surface area contributed by atoms with Gasteiger partial charge in [0.05, 0.1) is 12.6 Å². The van der Waals surface area contributed by atoms with Crippen molar-refractivity contribution in [2.75, 3.05) is 31.1 Å². The molecule has 1 amide bonds. The molecule has 0 aliphatic carbocycles. The first-order chi connectivity index (χ1) is 17.1. The smallest absolute Gasteiger partial charge is 0.254 e. The van der Waals surface area contributed by atoms with Crippen LogP contribution in [0.4, 0.5) is 0 Å². The topological polar surface area (TPSA) is 87.7 Å². The summed E-state index contributed by atoms with van der Waals surface area (Å²) in [5.41, 5.74) is 3.87. The number of aldehydes is 1. The van der Waals surface area contributed by atoms with E-state index in [0.29, 0.717) is 44.4 Å². The van der Waals surface area contributed by atoms with Crippen molar-refractivity contribution in [2.45, 2.75) is 45.0 Å². The zero-order chi connectivity index (χ0) is 24.6. The Bertz CT molecular complexity index is 1020. The maximum Gasteiger partial charge on any atom is 0.254 e. The van der Waals surface area contributed by atoms with Crippen LogP contribution in [-0.4, -0.2) is 66.1 Å². The van der Waals surface area contributed by atoms with Crippen molar-refractivity contribution in [1.82, 2.24) is 15.5 Å². The van der Waals surface area contributed by atoms with Crippen LogP contribution in [0.3, 0.4) is 0 Å². The second-order valence-corrected chi connectivity index (χ2v) is 10.3. The molecular formula is C27H33N3O4S. The molecule has 186 valence electrons. The van der Waals surface area contributed by atoms with Gasteiger partial charge in [0.2, 0.25) is 5.78 Å². The number of nitrogens with one attached hydrogen (secondary N) is 2. The van der Waals surface area contributed by atoms with Crippen molar-refractivity contribution in [3.05, 3.63) is 64.7 Å². The van der Waals surface area contributed by atoms with Gasteiger partial charge in [-0.3, -0.25) is 14.4 Å². The van der Waals surface area contributed by atoms with Crippen LogP contribution in [0.15, 0.2) is 42.5 Å². The Hall–Kier alpha value is -2.68. The minimum atomic E-state index is -0.433. The van der Waals surface area contributed by atoms with Crippen molar-refractivity contribution in [3.63, 3.8) is 0 Å². The minimum absolute atomic E-state index is 0.00412. The highest BCUT2D eigenvalue weighted by Crippen LogP contribution is 2.34. The van der Waals surface area contributed by atoms with Gasteiger partial charge in [0.25, 0.3) is 5.91 Å². The molecule has 2 atom stereocenters. The van der Waals surface area contributed by atoms with Crippen LogP contribution in [0, 0.1) is 6.92 Å². The van der Waals surface area contributed by atoms with E-state index in [-0.39, 0.29) is 11.9 Å². The fraction of sp³-hybridized carbons (Fsp3) is 0.444. The number of amides is 1. The van der Waals surface area contributed by atoms with E-state index in [2.05, 4.69) is 22.8 Å². The zero-order valence-corrected chi connectivity index (χ0v) is 20.9. The summed E-state index contributed by atoms with van der Waals surface area (Å²) in [6, 6.07) is 13.3. The largest absolute Gasteiger partial charge is 0.489 e. The molecule has 2 N–H and O–H groups in total. The van der Waals surface area contributed by atoms with Gasteiger partial charge in [-0.2, -0.15) is 11.8 Å². The van der Waals surface area contributed by atoms with Crippen molar-refractivity contribution in [2.24, 2.45) is 0 Å². The number of rotatable bonds is 6. The number of carbonyl (C=O) groups is 3. The van der Waals surface area contributed by atoms with E-state index in [9.17, 15) is 14.4 Å². The lowest BCUT2D eigenvalue weighted by atomic mass is 9.97. The summed E-state index contributed by atoms with van der Waals surface area (Å²) >= 11 is 2.03. The Morgan fingerprint density at radius 1 is 1.14 bits per heavy atom. The number of thioether (sulfide) groups is 1. The first-order valence-electron chi connectivity index (χ1n) is 12.2. The Balaban J connectivity index is 0.000000421. The third-order valence-corrected chi connectivity index (χ3v) is 7.59. The molecule has 2 saturated heterocycles. The lowest BCUT2D eigenvalue weighted by Crippen LogP contribution is -2.52. The maximum absolute atomic E-state index is 13.0. The fourth-order valence-corrected chi connectivity index (χ4v) is 5.33. The van der Waals surface area contributed by atoms with E-state index in [1.165, 1.54) is 30.2 Å². The number of nitrogens with zero attached hydrogens (tertiary/aromatic N) is 1. The Kier molecular flexibility index (Phi) is 8.95. The predicted octanol–water partition coefficient (Wildman–Crippen LogP) is 2.74. The van der Waals surface area contributed by atoms with Gasteiger partial charge in [-0.05, 0) is 37.5 Å². The molecule has 2 fully saturated rings. The molecular weight excluding hydrogens is 462 g/mol. The Morgan fingerprint density at radius 2 is 1.91 bits per heavy atom. The average molecular weight is 496 g/mol. The van der Waals surface area contributed by atoms with E-state index >= 15 is 0 Å². The van der Waals surface area contributed by atoms with Gasteiger partial charge in [-0.1, -0.05) is 35.9 Å². The molecule has 35 heavy (non-hydrogen) atoms. The summed E-state index contributed by atoms with van der Waals surface area (Å²) in [7, 11) is 0. The molecule has 7 nitrogen and oxygen atoms in total. The van der Waals surface area contributed by atoms with Crippen molar-refractivity contribution in [1.29, 1.82) is 0 Å². The molecule has 8 heteroatoms. The summed E-state index contributed by atoms with van der Waals surface area (Å²) in [6.07, 6.45) is 1.61. The van der Waals surface area contributed by atoms with E-state index in [1.807, 2.05) is 53.9 Å². The summed E-state index contributed by atoms with van der Waals surface area (Å²) in [5, 5.41) is 6.37. The average Bonchev–Trinajstić information content (AvgIpc) is 3.26. The van der Waals surface area contributed by atoms with Crippen LogP contribution in [0.1, 0.15) is 39.9 Å². The normalized spacial score (nSPS) is 21.5. The second-order valence-electron chi connectivity index (χ2n) is 9.06. The number of ether oxygens (including phenoxy) is 1. The number of aryl methyl sites for hydroxylation is 1. The minimum Gasteiger partial charge on any atom is -0.489 e. The highest BCUT2D eigenvalue weighted by Gasteiger charge is 2.37. The molecule has 2 aromatic rings. The van der Waals surface area contributed by atoms with E-state index in [4.69, 9.17) is 4.74 Å². The SMILES string of the molecule is C1CSCCN1.Cc1ccc(COc2cccc3c2CN(C2CCC(C(=O)C=O)NC2)C3=O)cc1. The van der Waals surface area contributed by atoms with Gasteiger partial charge in [-0.15, -0.1) is 0 Å². The van der Waals surface area contributed by atoms with Crippen LogP contribution in [-0.2, 0) is 22.7 Å². The highest BCUT2D eigenvalue weighted by molar-refractivity contribution is 7.99. The van der Waals surface area contributed by atoms with Crippen LogP contribution in [0.2, 0.25) is 0 Å². The molecule has 0 bridgehead atoms. The third kappa shape index (κ3) is 6.51. The summed E-state index contributed by atoms with van der Waals surface area (Å²) < 4.78 is 6.04. The molecule has 0 aromatic heterocycles. The molecule has 2 aromatic carbocycles. The first kappa shape index (κ1) is 25.4. The summed E-state index contributed by atoms with van der Waals surface area (Å²) in [5.74, 6) is 2.91. The molecule has 0 saturated carbocycles. The molecule has 5 rings (SSSR count). The number of hydrogen-bond acceptors (Lipinski definition) is 7. The lowest BCUT2D eigenvalue weighted by molar-refractivity contribution is -0.131. The number of carbonyl (C=O) groups excluding carboxylic acids is 3. The fourth-order valence-electron chi connectivity index (χ4n) is 4.55. The summed E-state index contributed by atoms with van der Waals surface area (Å²) in [4.78, 5) is 37.1. The molecule has 0 spiro atoms. The van der Waals surface area contributed by atoms with Crippen LogP contribution in [0.25, 0.3) is 0 Å². The maximum atomic E-state index is 13.0. The molecule has 3 aliphatic heterocycles. The van der Waals surface area contributed by atoms with Crippen LogP contribution >= 0.6 is 11.8 Å². The monoisotopic (exact) mass is 495 g/mol. The van der Waals surface area contributed by atoms with E-state index in [0.717, 1.165) is 16.9 Å². The molecule has 0 radical (unpaired) electrons. The zero-order valence-electron chi connectivity index (χ0n) is 20.1. The second kappa shape index (κ2) is 12.3. The van der Waals surface area contributed by atoms with Crippen LogP contribution in [0.5, 0.6) is 5.75 Å². The van der Waals surface area contributed by atoms with Gasteiger partial charge in [-0.25, -0.2) is 0 Å². The molecule has 3 heterocycles. The first-order valence-corrected chi connectivity index (χ1v) is 13.3. The Labute approximate surface area is 211 Å². The summed E-state index contributed by atoms with van der Waals surface area (Å²) in [6.45, 7) is 5.92. The number of piperidine rings is 1. The van der Waals surface area contributed by atoms with Crippen LogP contribution < -0.4 is 15.4 Å². The van der Waals surface area contributed by atoms with Gasteiger partial charge in [0.15, 0.2) is 6.29 Å². The standard InChI is InChI=1S/C23H24N2O4.C4H9NS/c1-15-5-7-16(8-6-15)14-29-22-4-2-3-18-19(22)12-25(23(18)28)17-9-10-20(24-11-17)21(27)13-26;1-3-6-4-2-5-1/h2-8,13,17,20,24H,9-12,14H2,1H3;5H,1-4H2. The molecule has 2 unspecified atom stereocenters. The molecule has 3 aliphatic rings. The van der Waals surface area contributed by atoms with E-state index < -0.39 is 11.8 Å². The quantitative estimate of drug-likeness (QED) is 0.471. The number of ketones is 1. The predicted molar refractivity (Wildman–Crippen MR) is 138 cm³/mol. The van der Waals surface area contributed by atoms with Crippen molar-refractivity contribution >= 4 is 29.7 Å². The lowest BCUT2D eigenvalue weighted by Gasteiger charge is -2.34. The number of Topliss-reactive ketones (excluding diaryl/α,β-unsaturated/α-hetero) is 1. The highest BCUT2D eigenvalue weighted by atomic mass is 32.2. The van der Waals surface area contributed by atoms with Crippen molar-refractivity contribution < 1.29 is 19.1 Å². The number of hydrogen-bond donors (Lipinski definition) is 2. The van der Waals surface area contributed by atoms with Crippen molar-refractivity contribution in [3.8, 4) is 5.75 Å². The van der Waals surface area contributed by atoms with Gasteiger partial charge >= 0.3 is 0 Å². The number of fused-ring (bicyclic) bond motifs is 1. The Morgan fingerprint density at radius 3 is 2.51 bits per heavy atom.